The van der Waals surface area contributed by atoms with Gasteiger partial charge >= 0.3 is 6.36 Å². The van der Waals surface area contributed by atoms with Crippen molar-refractivity contribution in [2.45, 2.75) is 19.8 Å². The van der Waals surface area contributed by atoms with Crippen LogP contribution in [0.1, 0.15) is 12.5 Å². The molecule has 0 spiro atoms. The smallest absolute Gasteiger partial charge is 0.490 e. The van der Waals surface area contributed by atoms with Crippen LogP contribution in [0.4, 0.5) is 13.2 Å². The zero-order valence-electron chi connectivity index (χ0n) is 8.67. The lowest BCUT2D eigenvalue weighted by Crippen LogP contribution is -2.19. The molecule has 0 aliphatic carbocycles. The van der Waals surface area contributed by atoms with E-state index in [0.29, 0.717) is 0 Å². The molecule has 0 aromatic heterocycles. The molecule has 0 radical (unpaired) electrons. The largest absolute Gasteiger partial charge is 0.573 e. The number of para-hydroxylation sites is 1. The molecule has 0 unspecified atom stereocenters. The maximum Gasteiger partial charge on any atom is 0.573 e. The molecule has 0 saturated heterocycles. The van der Waals surface area contributed by atoms with Crippen LogP contribution in [0.15, 0.2) is 18.2 Å². The average molecular weight is 235 g/mol. The van der Waals surface area contributed by atoms with E-state index in [1.165, 1.54) is 12.1 Å². The second-order valence-electron chi connectivity index (χ2n) is 2.93. The number of hydrogen-bond acceptors (Lipinski definition) is 3. The molecule has 0 heterocycles. The Kier molecular flexibility index (Phi) is 4.00. The highest BCUT2D eigenvalue weighted by Gasteiger charge is 2.33. The van der Waals surface area contributed by atoms with E-state index in [9.17, 15) is 13.2 Å². The molecule has 0 atom stereocenters. The number of ether oxygens (including phenoxy) is 2. The summed E-state index contributed by atoms with van der Waals surface area (Å²) in [6.45, 7) is 1.88. The van der Waals surface area contributed by atoms with E-state index in [4.69, 9.17) is 10.5 Å². The highest BCUT2D eigenvalue weighted by Crippen LogP contribution is 2.35. The van der Waals surface area contributed by atoms with Crippen LogP contribution in [0.2, 0.25) is 0 Å². The number of rotatable bonds is 4. The van der Waals surface area contributed by atoms with E-state index in [1.54, 1.807) is 13.0 Å². The Hall–Kier alpha value is -1.43. The SMILES string of the molecule is CCOc1cccc(CN)c1OC(F)(F)F. The fourth-order valence-corrected chi connectivity index (χ4v) is 1.22. The fourth-order valence-electron chi connectivity index (χ4n) is 1.22. The lowest BCUT2D eigenvalue weighted by Gasteiger charge is -2.16. The first kappa shape index (κ1) is 12.6. The summed E-state index contributed by atoms with van der Waals surface area (Å²) in [5.74, 6) is -0.317. The van der Waals surface area contributed by atoms with Crippen LogP contribution in [-0.2, 0) is 6.54 Å². The molecule has 0 aliphatic rings. The van der Waals surface area contributed by atoms with Crippen molar-refractivity contribution in [2.24, 2.45) is 5.73 Å². The van der Waals surface area contributed by atoms with E-state index in [0.717, 1.165) is 0 Å². The maximum absolute atomic E-state index is 12.2. The van der Waals surface area contributed by atoms with Crippen LogP contribution in [0, 0.1) is 0 Å². The third kappa shape index (κ3) is 3.30. The summed E-state index contributed by atoms with van der Waals surface area (Å²) in [5, 5.41) is 0. The molecule has 1 aromatic carbocycles. The van der Waals surface area contributed by atoms with Crippen LogP contribution < -0.4 is 15.2 Å². The molecule has 0 aliphatic heterocycles. The lowest BCUT2D eigenvalue weighted by atomic mass is 10.2. The third-order valence-electron chi connectivity index (χ3n) is 1.80. The Balaban J connectivity index is 3.09. The van der Waals surface area contributed by atoms with Gasteiger partial charge in [-0.2, -0.15) is 0 Å². The zero-order valence-corrected chi connectivity index (χ0v) is 8.67. The van der Waals surface area contributed by atoms with Crippen LogP contribution in [0.3, 0.4) is 0 Å². The van der Waals surface area contributed by atoms with Gasteiger partial charge in [-0.25, -0.2) is 0 Å². The van der Waals surface area contributed by atoms with Gasteiger partial charge in [0.2, 0.25) is 0 Å². The van der Waals surface area contributed by atoms with Crippen molar-refractivity contribution < 1.29 is 22.6 Å². The molecule has 3 nitrogen and oxygen atoms in total. The van der Waals surface area contributed by atoms with Gasteiger partial charge in [-0.15, -0.1) is 13.2 Å². The van der Waals surface area contributed by atoms with Crippen molar-refractivity contribution in [1.29, 1.82) is 0 Å². The molecule has 2 N–H and O–H groups in total. The van der Waals surface area contributed by atoms with E-state index >= 15 is 0 Å². The van der Waals surface area contributed by atoms with Crippen molar-refractivity contribution in [3.8, 4) is 11.5 Å². The minimum Gasteiger partial charge on any atom is -0.490 e. The number of halogens is 3. The van der Waals surface area contributed by atoms with Gasteiger partial charge in [-0.3, -0.25) is 0 Å². The number of nitrogens with two attached hydrogens (primary N) is 1. The van der Waals surface area contributed by atoms with E-state index < -0.39 is 6.36 Å². The second kappa shape index (κ2) is 5.07. The van der Waals surface area contributed by atoms with E-state index in [-0.39, 0.29) is 30.2 Å². The topological polar surface area (TPSA) is 44.5 Å². The molecular weight excluding hydrogens is 223 g/mol. The summed E-state index contributed by atoms with van der Waals surface area (Å²) in [4.78, 5) is 0. The molecule has 1 aromatic rings. The molecule has 1 rings (SSSR count). The number of alkyl halides is 3. The van der Waals surface area contributed by atoms with Crippen LogP contribution >= 0.6 is 0 Å². The Morgan fingerprint density at radius 3 is 2.50 bits per heavy atom. The van der Waals surface area contributed by atoms with Crippen molar-refractivity contribution >= 4 is 0 Å². The van der Waals surface area contributed by atoms with Gasteiger partial charge in [0, 0.05) is 12.1 Å². The quantitative estimate of drug-likeness (QED) is 0.871. The van der Waals surface area contributed by atoms with Gasteiger partial charge in [0.05, 0.1) is 6.61 Å². The van der Waals surface area contributed by atoms with Gasteiger partial charge in [-0.05, 0) is 13.0 Å². The predicted molar refractivity (Wildman–Crippen MR) is 52.2 cm³/mol. The van der Waals surface area contributed by atoms with Gasteiger partial charge in [-0.1, -0.05) is 12.1 Å². The molecular formula is C10H12F3NO2. The Morgan fingerprint density at radius 2 is 2.00 bits per heavy atom. The summed E-state index contributed by atoms with van der Waals surface area (Å²) >= 11 is 0. The standard InChI is InChI=1S/C10H12F3NO2/c1-2-15-8-5-3-4-7(6-14)9(8)16-10(11,12)13/h3-5H,2,6,14H2,1H3. The number of benzene rings is 1. The van der Waals surface area contributed by atoms with Crippen LogP contribution in [0.25, 0.3) is 0 Å². The predicted octanol–water partition coefficient (Wildman–Crippen LogP) is 2.44. The van der Waals surface area contributed by atoms with Crippen LogP contribution in [-0.4, -0.2) is 13.0 Å². The van der Waals surface area contributed by atoms with Crippen molar-refractivity contribution in [3.63, 3.8) is 0 Å². The molecule has 0 fully saturated rings. The normalized spacial score (nSPS) is 11.3. The highest BCUT2D eigenvalue weighted by atomic mass is 19.4. The average Bonchev–Trinajstić information content (AvgIpc) is 2.19. The molecule has 0 saturated carbocycles. The van der Waals surface area contributed by atoms with Crippen molar-refractivity contribution in [2.75, 3.05) is 6.61 Å². The minimum atomic E-state index is -4.75. The van der Waals surface area contributed by atoms with Gasteiger partial charge in [0.1, 0.15) is 0 Å². The molecule has 0 bridgehead atoms. The molecule has 0 amide bonds. The van der Waals surface area contributed by atoms with Gasteiger partial charge in [0.25, 0.3) is 0 Å². The summed E-state index contributed by atoms with van der Waals surface area (Å²) in [6.07, 6.45) is -4.75. The van der Waals surface area contributed by atoms with E-state index in [2.05, 4.69) is 4.74 Å². The van der Waals surface area contributed by atoms with Gasteiger partial charge < -0.3 is 15.2 Å². The highest BCUT2D eigenvalue weighted by molar-refractivity contribution is 5.46. The maximum atomic E-state index is 12.2. The summed E-state index contributed by atoms with van der Waals surface area (Å²) in [6, 6.07) is 4.43. The first-order chi connectivity index (χ1) is 7.48. The second-order valence-corrected chi connectivity index (χ2v) is 2.93. The van der Waals surface area contributed by atoms with E-state index in [1.807, 2.05) is 0 Å². The molecule has 16 heavy (non-hydrogen) atoms. The Bertz CT molecular complexity index is 352. The monoisotopic (exact) mass is 235 g/mol. The molecule has 90 valence electrons. The Morgan fingerprint density at radius 1 is 1.31 bits per heavy atom. The van der Waals surface area contributed by atoms with Crippen molar-refractivity contribution in [3.05, 3.63) is 23.8 Å². The summed E-state index contributed by atoms with van der Waals surface area (Å²) in [5.41, 5.74) is 5.58. The Labute approximate surface area is 91.0 Å². The van der Waals surface area contributed by atoms with Crippen LogP contribution in [0.5, 0.6) is 11.5 Å². The first-order valence-electron chi connectivity index (χ1n) is 4.68. The zero-order chi connectivity index (χ0) is 12.2. The summed E-state index contributed by atoms with van der Waals surface area (Å²) < 4.78 is 45.4. The summed E-state index contributed by atoms with van der Waals surface area (Å²) in [7, 11) is 0. The molecule has 6 heteroatoms. The van der Waals surface area contributed by atoms with Gasteiger partial charge in [0.15, 0.2) is 11.5 Å². The first-order valence-corrected chi connectivity index (χ1v) is 4.68. The minimum absolute atomic E-state index is 0.0442. The third-order valence-corrected chi connectivity index (χ3v) is 1.80. The number of hydrogen-bond donors (Lipinski definition) is 1. The fraction of sp³-hybridized carbons (Fsp3) is 0.400. The van der Waals surface area contributed by atoms with Crippen molar-refractivity contribution in [1.82, 2.24) is 0 Å². The lowest BCUT2D eigenvalue weighted by molar-refractivity contribution is -0.275.